The van der Waals surface area contributed by atoms with Crippen molar-refractivity contribution in [3.8, 4) is 6.07 Å². The van der Waals surface area contributed by atoms with E-state index in [1.165, 1.54) is 7.11 Å². The summed E-state index contributed by atoms with van der Waals surface area (Å²) in [4.78, 5) is 4.95. The fourth-order valence-corrected chi connectivity index (χ4v) is 2.40. The van der Waals surface area contributed by atoms with Crippen molar-refractivity contribution in [1.82, 2.24) is 5.32 Å². The molecular formula is C19H26ClN3O. The summed E-state index contributed by atoms with van der Waals surface area (Å²) in [7, 11) is 1.49. The van der Waals surface area contributed by atoms with Crippen molar-refractivity contribution in [3.05, 3.63) is 40.4 Å². The Bertz CT molecular complexity index is 644. The first-order chi connectivity index (χ1) is 11.5. The number of hydrogen-bond donors (Lipinski definition) is 1. The van der Waals surface area contributed by atoms with E-state index in [2.05, 4.69) is 37.3 Å². The molecular weight excluding hydrogens is 322 g/mol. The third-order valence-electron chi connectivity index (χ3n) is 3.85. The molecule has 0 heterocycles. The van der Waals surface area contributed by atoms with Crippen LogP contribution in [0, 0.1) is 17.2 Å². The average molecular weight is 348 g/mol. The summed E-state index contributed by atoms with van der Waals surface area (Å²) in [6, 6.07) is 9.97. The molecule has 5 heteroatoms. The maximum Gasteiger partial charge on any atom is 0.106 e. The molecule has 0 aliphatic rings. The molecule has 0 radical (unpaired) electrons. The fourth-order valence-electron chi connectivity index (χ4n) is 2.17. The Hall–Kier alpha value is -1.99. The van der Waals surface area contributed by atoms with E-state index < -0.39 is 0 Å². The summed E-state index contributed by atoms with van der Waals surface area (Å²) < 4.78 is 0. The highest BCUT2D eigenvalue weighted by molar-refractivity contribution is 6.32. The lowest BCUT2D eigenvalue weighted by Crippen LogP contribution is -2.31. The number of oxime groups is 1. The predicted octanol–water partition coefficient (Wildman–Crippen LogP) is 5.01. The highest BCUT2D eigenvalue weighted by atomic mass is 35.5. The average Bonchev–Trinajstić information content (AvgIpc) is 2.55. The monoisotopic (exact) mass is 347 g/mol. The highest BCUT2D eigenvalue weighted by Crippen LogP contribution is 2.27. The van der Waals surface area contributed by atoms with Crippen LogP contribution in [0.4, 0.5) is 0 Å². The number of halogens is 1. The molecule has 0 aliphatic heterocycles. The molecule has 0 aromatic heterocycles. The van der Waals surface area contributed by atoms with Crippen LogP contribution in [0.15, 0.2) is 35.0 Å². The second-order valence-corrected chi connectivity index (χ2v) is 6.40. The Labute approximate surface area is 150 Å². The lowest BCUT2D eigenvalue weighted by molar-refractivity contribution is 0.213. The lowest BCUT2D eigenvalue weighted by atomic mass is 9.98. The van der Waals surface area contributed by atoms with Gasteiger partial charge in [-0.2, -0.15) is 5.26 Å². The van der Waals surface area contributed by atoms with Crippen molar-refractivity contribution in [2.45, 2.75) is 46.6 Å². The van der Waals surface area contributed by atoms with Gasteiger partial charge in [0.15, 0.2) is 0 Å². The molecule has 4 nitrogen and oxygen atoms in total. The van der Waals surface area contributed by atoms with E-state index in [0.717, 1.165) is 12.0 Å². The van der Waals surface area contributed by atoms with Crippen molar-refractivity contribution in [1.29, 1.82) is 5.26 Å². The van der Waals surface area contributed by atoms with E-state index in [1.54, 1.807) is 0 Å². The van der Waals surface area contributed by atoms with E-state index in [-0.39, 0.29) is 6.04 Å². The Morgan fingerprint density at radius 1 is 1.33 bits per heavy atom. The quantitative estimate of drug-likeness (QED) is 0.408. The van der Waals surface area contributed by atoms with Gasteiger partial charge in [0.25, 0.3) is 0 Å². The lowest BCUT2D eigenvalue weighted by Gasteiger charge is -2.23. The van der Waals surface area contributed by atoms with E-state index >= 15 is 0 Å². The van der Waals surface area contributed by atoms with Gasteiger partial charge in [0, 0.05) is 16.6 Å². The molecule has 1 aromatic carbocycles. The normalized spacial score (nSPS) is 14.0. The minimum Gasteiger partial charge on any atom is -0.399 e. The van der Waals surface area contributed by atoms with E-state index in [0.29, 0.717) is 34.3 Å². The highest BCUT2D eigenvalue weighted by Gasteiger charge is 2.20. The van der Waals surface area contributed by atoms with Gasteiger partial charge in [-0.05, 0) is 25.3 Å². The second-order valence-electron chi connectivity index (χ2n) is 5.99. The molecule has 130 valence electrons. The summed E-state index contributed by atoms with van der Waals surface area (Å²) in [6.07, 6.45) is 1.52. The molecule has 0 fully saturated rings. The summed E-state index contributed by atoms with van der Waals surface area (Å²) >= 11 is 6.39. The van der Waals surface area contributed by atoms with Crippen molar-refractivity contribution >= 4 is 23.0 Å². The zero-order valence-electron chi connectivity index (χ0n) is 15.1. The molecule has 1 unspecified atom stereocenters. The number of nitrogens with one attached hydrogen (secondary N) is 1. The smallest absolute Gasteiger partial charge is 0.106 e. The van der Waals surface area contributed by atoms with Crippen LogP contribution in [0.5, 0.6) is 0 Å². The van der Waals surface area contributed by atoms with Crippen LogP contribution in [-0.4, -0.2) is 18.9 Å². The predicted molar refractivity (Wildman–Crippen MR) is 101 cm³/mol. The Morgan fingerprint density at radius 3 is 2.50 bits per heavy atom. The van der Waals surface area contributed by atoms with Crippen molar-refractivity contribution in [2.24, 2.45) is 11.1 Å². The number of nitriles is 1. The van der Waals surface area contributed by atoms with E-state index in [1.807, 2.05) is 31.2 Å². The first kappa shape index (κ1) is 20.1. The summed E-state index contributed by atoms with van der Waals surface area (Å²) in [6.45, 7) is 8.39. The van der Waals surface area contributed by atoms with Crippen LogP contribution in [0.3, 0.4) is 0 Å². The Balaban J connectivity index is 3.55. The van der Waals surface area contributed by atoms with Crippen LogP contribution in [0.1, 0.15) is 46.1 Å². The van der Waals surface area contributed by atoms with Gasteiger partial charge in [-0.15, -0.1) is 0 Å². The number of nitrogens with zero attached hydrogens (tertiary/aromatic N) is 2. The zero-order valence-corrected chi connectivity index (χ0v) is 15.8. The van der Waals surface area contributed by atoms with Crippen LogP contribution in [0.25, 0.3) is 5.70 Å². The molecule has 0 saturated heterocycles. The molecule has 1 N–H and O–H groups in total. The van der Waals surface area contributed by atoms with E-state index in [4.69, 9.17) is 16.4 Å². The van der Waals surface area contributed by atoms with Crippen LogP contribution >= 0.6 is 11.6 Å². The molecule has 0 amide bonds. The molecule has 1 rings (SSSR count). The van der Waals surface area contributed by atoms with E-state index in [9.17, 15) is 5.26 Å². The number of rotatable bonds is 8. The molecule has 0 bridgehead atoms. The van der Waals surface area contributed by atoms with Crippen LogP contribution in [-0.2, 0) is 4.84 Å². The number of hydrogen-bond acceptors (Lipinski definition) is 4. The summed E-state index contributed by atoms with van der Waals surface area (Å²) in [5.74, 6) is 0.399. The Kier molecular flexibility index (Phi) is 8.35. The SMILES string of the molecule is CCCC(=N/OC)/C(C#N)=C(\NC(C)C(C)C)c1ccccc1Cl. The minimum absolute atomic E-state index is 0.171. The molecule has 0 spiro atoms. The van der Waals surface area contributed by atoms with Gasteiger partial charge in [0.2, 0.25) is 0 Å². The molecule has 0 aliphatic carbocycles. The maximum absolute atomic E-state index is 9.80. The molecule has 24 heavy (non-hydrogen) atoms. The standard InChI is InChI=1S/C19H26ClN3O/c1-6-9-18(23-24-5)16(12-21)19(22-14(4)13(2)3)15-10-7-8-11-17(15)20/h7-8,10-11,13-14,22H,6,9H2,1-5H3/b19-16-,23-18-. The van der Waals surface area contributed by atoms with Crippen molar-refractivity contribution in [3.63, 3.8) is 0 Å². The third kappa shape index (κ3) is 5.28. The number of benzene rings is 1. The van der Waals surface area contributed by atoms with Gasteiger partial charge in [0.05, 0.1) is 11.4 Å². The minimum atomic E-state index is 0.171. The topological polar surface area (TPSA) is 57.4 Å². The summed E-state index contributed by atoms with van der Waals surface area (Å²) in [5, 5.41) is 17.9. The first-order valence-corrected chi connectivity index (χ1v) is 8.60. The molecule has 1 aromatic rings. The zero-order chi connectivity index (χ0) is 18.1. The Morgan fingerprint density at radius 2 is 2.00 bits per heavy atom. The van der Waals surface area contributed by atoms with Gasteiger partial charge in [-0.25, -0.2) is 0 Å². The van der Waals surface area contributed by atoms with Gasteiger partial charge in [0.1, 0.15) is 18.8 Å². The summed E-state index contributed by atoms with van der Waals surface area (Å²) in [5.41, 5.74) is 2.59. The maximum atomic E-state index is 9.80. The largest absolute Gasteiger partial charge is 0.399 e. The van der Waals surface area contributed by atoms with Gasteiger partial charge >= 0.3 is 0 Å². The van der Waals surface area contributed by atoms with Crippen LogP contribution in [0.2, 0.25) is 5.02 Å². The van der Waals surface area contributed by atoms with Gasteiger partial charge < -0.3 is 10.2 Å². The second kappa shape index (κ2) is 10.00. The van der Waals surface area contributed by atoms with Gasteiger partial charge in [-0.3, -0.25) is 0 Å². The third-order valence-corrected chi connectivity index (χ3v) is 4.18. The first-order valence-electron chi connectivity index (χ1n) is 8.22. The number of allylic oxidation sites excluding steroid dienone is 1. The fraction of sp³-hybridized carbons (Fsp3) is 0.474. The van der Waals surface area contributed by atoms with Crippen LogP contribution < -0.4 is 5.32 Å². The van der Waals surface area contributed by atoms with Crippen molar-refractivity contribution in [2.75, 3.05) is 7.11 Å². The molecule has 0 saturated carbocycles. The molecule has 1 atom stereocenters. The van der Waals surface area contributed by atoms with Crippen molar-refractivity contribution < 1.29 is 4.84 Å². The van der Waals surface area contributed by atoms with Gasteiger partial charge in [-0.1, -0.05) is 62.1 Å².